The van der Waals surface area contributed by atoms with Gasteiger partial charge in [0.2, 0.25) is 33.6 Å². The summed E-state index contributed by atoms with van der Waals surface area (Å²) in [6, 6.07) is 4.71. The first-order chi connectivity index (χ1) is 25.5. The fourth-order valence-electron chi connectivity index (χ4n) is 7.56. The highest BCUT2D eigenvalue weighted by atomic mass is 32.2. The van der Waals surface area contributed by atoms with Gasteiger partial charge in [-0.1, -0.05) is 38.1 Å². The van der Waals surface area contributed by atoms with Crippen LogP contribution in [-0.4, -0.2) is 94.9 Å². The second kappa shape index (κ2) is 15.3. The minimum absolute atomic E-state index is 0.0277. The van der Waals surface area contributed by atoms with Crippen molar-refractivity contribution in [3.05, 3.63) is 36.4 Å². The molecule has 4 aliphatic rings. The number of benzene rings is 1. The van der Waals surface area contributed by atoms with Crippen molar-refractivity contribution in [2.45, 2.75) is 121 Å². The highest BCUT2D eigenvalue weighted by Gasteiger charge is 2.62. The second-order valence-electron chi connectivity index (χ2n) is 16.4. The maximum Gasteiger partial charge on any atom is 0.315 e. The summed E-state index contributed by atoms with van der Waals surface area (Å²) in [5, 5.41) is 17.9. The van der Waals surface area contributed by atoms with Crippen LogP contribution >= 0.6 is 0 Å². The number of amides is 5. The number of nitrogens with zero attached hydrogens (tertiary/aromatic N) is 3. The fourth-order valence-corrected chi connectivity index (χ4v) is 8.92. The number of hydrogen-bond donors (Lipinski definition) is 4. The van der Waals surface area contributed by atoms with E-state index in [4.69, 9.17) is 9.47 Å². The van der Waals surface area contributed by atoms with Gasteiger partial charge in [-0.3, -0.25) is 19.1 Å². The van der Waals surface area contributed by atoms with Crippen molar-refractivity contribution in [1.29, 1.82) is 0 Å². The standard InChI is InChI=1S/C38H53N7O8S/c1-7-52-32-27-14-10-11-15-28(27)33(43-42-32)53-25-19-29-31(46)40-38(35(48)44-54(50,51)26-16-17-26)20-24(38)13-9-8-12-22(2)18-23(3)30(34(47)45(29)21-25)39-36(49)41-37(4,5)6/h9-11,13-15,22-26,29-30H,7-8,12,16-21H2,1-6H3,(H,40,46)(H,44,48)(H2,39,41,49)/b13-9-/t22-,23+,24?,25+,29-,30-,38?/m0/s1. The summed E-state index contributed by atoms with van der Waals surface area (Å²) in [6.45, 7) is 11.7. The average molecular weight is 768 g/mol. The third-order valence-corrected chi connectivity index (χ3v) is 12.4. The molecule has 2 aliphatic carbocycles. The van der Waals surface area contributed by atoms with E-state index in [0.717, 1.165) is 6.42 Å². The van der Waals surface area contributed by atoms with Crippen molar-refractivity contribution < 1.29 is 37.1 Å². The van der Waals surface area contributed by atoms with Crippen LogP contribution in [-0.2, 0) is 24.4 Å². The number of hydrogen-bond acceptors (Lipinski definition) is 10. The lowest BCUT2D eigenvalue weighted by molar-refractivity contribution is -0.142. The number of carbonyl (C=O) groups is 4. The number of aromatic nitrogens is 2. The molecule has 0 radical (unpaired) electrons. The molecule has 3 heterocycles. The first kappa shape index (κ1) is 39.2. The van der Waals surface area contributed by atoms with E-state index < -0.39 is 74.2 Å². The molecule has 2 aromatic rings. The quantitative estimate of drug-likeness (QED) is 0.289. The third kappa shape index (κ3) is 8.74. The average Bonchev–Trinajstić information content (AvgIpc) is 4.02. The molecule has 1 aromatic carbocycles. The molecule has 0 spiro atoms. The normalized spacial score (nSPS) is 29.8. The Balaban J connectivity index is 1.35. The summed E-state index contributed by atoms with van der Waals surface area (Å²) in [5.41, 5.74) is -2.08. The van der Waals surface area contributed by atoms with Crippen LogP contribution in [0, 0.1) is 17.8 Å². The molecular formula is C38H53N7O8S. The maximum absolute atomic E-state index is 14.8. The second-order valence-corrected chi connectivity index (χ2v) is 18.3. The van der Waals surface area contributed by atoms with Crippen molar-refractivity contribution in [3.8, 4) is 11.8 Å². The molecule has 4 N–H and O–H groups in total. The molecule has 15 nitrogen and oxygen atoms in total. The van der Waals surface area contributed by atoms with E-state index in [9.17, 15) is 27.6 Å². The Bertz CT molecular complexity index is 1910. The monoisotopic (exact) mass is 767 g/mol. The number of rotatable bonds is 8. The molecular weight excluding hydrogens is 715 g/mol. The van der Waals surface area contributed by atoms with Crippen molar-refractivity contribution in [2.24, 2.45) is 17.8 Å². The highest BCUT2D eigenvalue weighted by Crippen LogP contribution is 2.46. The summed E-state index contributed by atoms with van der Waals surface area (Å²) in [4.78, 5) is 57.7. The van der Waals surface area contributed by atoms with Crippen LogP contribution in [0.4, 0.5) is 4.79 Å². The zero-order valence-corrected chi connectivity index (χ0v) is 32.7. The number of nitrogens with one attached hydrogen (secondary N) is 4. The highest BCUT2D eigenvalue weighted by molar-refractivity contribution is 7.91. The minimum atomic E-state index is -3.90. The molecule has 2 saturated carbocycles. The van der Waals surface area contributed by atoms with Gasteiger partial charge in [0, 0.05) is 17.9 Å². The summed E-state index contributed by atoms with van der Waals surface area (Å²) in [6.07, 6.45) is 6.38. The van der Waals surface area contributed by atoms with E-state index in [-0.39, 0.29) is 37.1 Å². The summed E-state index contributed by atoms with van der Waals surface area (Å²) in [5.74, 6) is -1.91. The molecule has 7 atom stereocenters. The zero-order valence-electron chi connectivity index (χ0n) is 31.9. The number of fused-ring (bicyclic) bond motifs is 3. The number of allylic oxidation sites excluding steroid dienone is 1. The molecule has 2 aliphatic heterocycles. The number of ether oxygens (including phenoxy) is 2. The lowest BCUT2D eigenvalue weighted by Gasteiger charge is -2.33. The summed E-state index contributed by atoms with van der Waals surface area (Å²) in [7, 11) is -3.90. The van der Waals surface area contributed by atoms with Gasteiger partial charge in [0.15, 0.2) is 0 Å². The smallest absolute Gasteiger partial charge is 0.315 e. The third-order valence-electron chi connectivity index (χ3n) is 10.6. The summed E-state index contributed by atoms with van der Waals surface area (Å²) >= 11 is 0. The van der Waals surface area contributed by atoms with E-state index in [0.29, 0.717) is 48.9 Å². The Hall–Kier alpha value is -4.47. The van der Waals surface area contributed by atoms with Gasteiger partial charge in [-0.25, -0.2) is 13.2 Å². The maximum atomic E-state index is 14.8. The van der Waals surface area contributed by atoms with Crippen LogP contribution < -0.4 is 30.1 Å². The van der Waals surface area contributed by atoms with E-state index >= 15 is 0 Å². The van der Waals surface area contributed by atoms with Crippen molar-refractivity contribution >= 4 is 44.5 Å². The van der Waals surface area contributed by atoms with E-state index in [1.165, 1.54) is 4.90 Å². The van der Waals surface area contributed by atoms with Crippen LogP contribution in [0.2, 0.25) is 0 Å². The van der Waals surface area contributed by atoms with Gasteiger partial charge in [-0.2, -0.15) is 0 Å². The number of urea groups is 1. The number of sulfonamides is 1. The van der Waals surface area contributed by atoms with Gasteiger partial charge in [0.25, 0.3) is 5.91 Å². The molecule has 1 saturated heterocycles. The van der Waals surface area contributed by atoms with E-state index in [1.807, 2.05) is 71.0 Å². The van der Waals surface area contributed by atoms with Gasteiger partial charge in [-0.15, -0.1) is 10.2 Å². The summed E-state index contributed by atoms with van der Waals surface area (Å²) < 4.78 is 40.1. The Morgan fingerprint density at radius 2 is 1.72 bits per heavy atom. The fraction of sp³-hybridized carbons (Fsp3) is 0.632. The molecule has 2 unspecified atom stereocenters. The molecule has 0 bridgehead atoms. The van der Waals surface area contributed by atoms with Crippen molar-refractivity contribution in [2.75, 3.05) is 13.2 Å². The number of carbonyl (C=O) groups excluding carboxylic acids is 4. The predicted molar refractivity (Wildman–Crippen MR) is 201 cm³/mol. The van der Waals surface area contributed by atoms with Gasteiger partial charge in [-0.05, 0) is 90.2 Å². The van der Waals surface area contributed by atoms with Gasteiger partial charge in [0.05, 0.1) is 29.2 Å². The predicted octanol–water partition coefficient (Wildman–Crippen LogP) is 3.34. The van der Waals surface area contributed by atoms with Gasteiger partial charge < -0.3 is 30.3 Å². The van der Waals surface area contributed by atoms with Crippen LogP contribution in [0.25, 0.3) is 10.8 Å². The van der Waals surface area contributed by atoms with E-state index in [1.54, 1.807) is 0 Å². The van der Waals surface area contributed by atoms with Gasteiger partial charge in [0.1, 0.15) is 23.7 Å². The Labute approximate surface area is 316 Å². The topological polar surface area (TPSA) is 198 Å². The molecule has 5 amide bonds. The van der Waals surface area contributed by atoms with E-state index in [2.05, 4.69) is 37.8 Å². The van der Waals surface area contributed by atoms with Crippen LogP contribution in [0.5, 0.6) is 11.8 Å². The van der Waals surface area contributed by atoms with Crippen molar-refractivity contribution in [3.63, 3.8) is 0 Å². The SMILES string of the molecule is CCOc1nnc(O[C@@H]2C[C@H]3C(=O)NC4(C(=O)NS(=O)(=O)C5CC5)CC4/C=C\CC[C@H](C)C[C@@H](C)[C@H](NC(=O)NC(C)(C)C)C(=O)N3C2)c2ccccc12. The Morgan fingerprint density at radius 3 is 2.39 bits per heavy atom. The lowest BCUT2D eigenvalue weighted by Crippen LogP contribution is -2.60. The Morgan fingerprint density at radius 1 is 1.04 bits per heavy atom. The molecule has 16 heteroatoms. The molecule has 6 rings (SSSR count). The largest absolute Gasteiger partial charge is 0.476 e. The molecule has 1 aromatic heterocycles. The molecule has 294 valence electrons. The lowest BCUT2D eigenvalue weighted by atomic mass is 9.88. The molecule has 54 heavy (non-hydrogen) atoms. The van der Waals surface area contributed by atoms with Crippen LogP contribution in [0.3, 0.4) is 0 Å². The van der Waals surface area contributed by atoms with Crippen LogP contribution in [0.1, 0.15) is 86.5 Å². The first-order valence-corrected chi connectivity index (χ1v) is 20.5. The first-order valence-electron chi connectivity index (χ1n) is 19.0. The van der Waals surface area contributed by atoms with Crippen LogP contribution in [0.15, 0.2) is 36.4 Å². The van der Waals surface area contributed by atoms with Crippen molar-refractivity contribution in [1.82, 2.24) is 35.8 Å². The molecule has 3 fully saturated rings. The Kier molecular flexibility index (Phi) is 11.1. The van der Waals surface area contributed by atoms with Gasteiger partial charge >= 0.3 is 6.03 Å². The minimum Gasteiger partial charge on any atom is -0.476 e. The zero-order chi connectivity index (χ0) is 39.0.